The van der Waals surface area contributed by atoms with Crippen LogP contribution in [0.4, 0.5) is 0 Å². The Balaban J connectivity index is 1.61. The molecule has 27 heavy (non-hydrogen) atoms. The van der Waals surface area contributed by atoms with Crippen LogP contribution in [0.5, 0.6) is 0 Å². The predicted molar refractivity (Wildman–Crippen MR) is 111 cm³/mol. The van der Waals surface area contributed by atoms with Crippen LogP contribution in [0.1, 0.15) is 22.7 Å². The van der Waals surface area contributed by atoms with Gasteiger partial charge in [0.15, 0.2) is 0 Å². The number of nitrogens with one attached hydrogen (secondary N) is 2. The lowest BCUT2D eigenvalue weighted by molar-refractivity contribution is 0.605. The summed E-state index contributed by atoms with van der Waals surface area (Å²) in [5.41, 5.74) is 5.88. The summed E-state index contributed by atoms with van der Waals surface area (Å²) in [7, 11) is 0. The highest BCUT2D eigenvalue weighted by molar-refractivity contribution is 6.30. The third kappa shape index (κ3) is 4.27. The number of nitrogens with zero attached hydrogens (tertiary/aromatic N) is 1. The molecule has 0 bridgehead atoms. The van der Waals surface area contributed by atoms with Gasteiger partial charge in [-0.25, -0.2) is 0 Å². The van der Waals surface area contributed by atoms with Crippen molar-refractivity contribution in [2.45, 2.75) is 12.6 Å². The highest BCUT2D eigenvalue weighted by atomic mass is 35.5. The molecule has 4 aromatic rings. The van der Waals surface area contributed by atoms with E-state index < -0.39 is 0 Å². The van der Waals surface area contributed by atoms with Gasteiger partial charge in [-0.2, -0.15) is 5.10 Å². The van der Waals surface area contributed by atoms with Gasteiger partial charge in [0.25, 0.3) is 0 Å². The summed E-state index contributed by atoms with van der Waals surface area (Å²) < 4.78 is 0. The van der Waals surface area contributed by atoms with Crippen molar-refractivity contribution >= 4 is 11.6 Å². The van der Waals surface area contributed by atoms with Crippen molar-refractivity contribution < 1.29 is 0 Å². The van der Waals surface area contributed by atoms with E-state index in [1.807, 2.05) is 30.6 Å². The Labute approximate surface area is 164 Å². The second-order valence-corrected chi connectivity index (χ2v) is 6.90. The van der Waals surface area contributed by atoms with E-state index in [9.17, 15) is 0 Å². The molecule has 1 unspecified atom stereocenters. The molecule has 0 amide bonds. The van der Waals surface area contributed by atoms with Crippen molar-refractivity contribution in [3.63, 3.8) is 0 Å². The third-order valence-electron chi connectivity index (χ3n) is 4.63. The number of hydrogen-bond donors (Lipinski definition) is 2. The van der Waals surface area contributed by atoms with Crippen LogP contribution in [0.3, 0.4) is 0 Å². The second-order valence-electron chi connectivity index (χ2n) is 6.46. The zero-order valence-electron chi connectivity index (χ0n) is 14.8. The average molecular weight is 374 g/mol. The van der Waals surface area contributed by atoms with Crippen LogP contribution in [-0.2, 0) is 6.54 Å². The Morgan fingerprint density at radius 2 is 1.48 bits per heavy atom. The van der Waals surface area contributed by atoms with Crippen LogP contribution < -0.4 is 5.32 Å². The van der Waals surface area contributed by atoms with Gasteiger partial charge >= 0.3 is 0 Å². The molecule has 1 atom stereocenters. The van der Waals surface area contributed by atoms with Crippen molar-refractivity contribution in [2.24, 2.45) is 0 Å². The van der Waals surface area contributed by atoms with Crippen molar-refractivity contribution in [3.8, 4) is 11.1 Å². The molecule has 1 heterocycles. The predicted octanol–water partition coefficient (Wildman–Crippen LogP) is 5.61. The quantitative estimate of drug-likeness (QED) is 0.461. The van der Waals surface area contributed by atoms with Gasteiger partial charge in [-0.1, -0.05) is 78.3 Å². The SMILES string of the molecule is Clc1ccc(C(NCc2ccccc2)c2ccc(-c3cn[nH]c3)cc2)cc1. The van der Waals surface area contributed by atoms with E-state index in [4.69, 9.17) is 11.6 Å². The fourth-order valence-electron chi connectivity index (χ4n) is 3.18. The Morgan fingerprint density at radius 3 is 2.11 bits per heavy atom. The lowest BCUT2D eigenvalue weighted by Crippen LogP contribution is -2.22. The van der Waals surface area contributed by atoms with E-state index in [0.717, 1.165) is 22.7 Å². The number of aromatic nitrogens is 2. The summed E-state index contributed by atoms with van der Waals surface area (Å²) in [6.07, 6.45) is 3.73. The minimum Gasteiger partial charge on any atom is -0.302 e. The molecule has 0 radical (unpaired) electrons. The first-order chi connectivity index (χ1) is 13.3. The number of H-pyrrole nitrogens is 1. The molecule has 0 saturated heterocycles. The first kappa shape index (κ1) is 17.5. The number of rotatable bonds is 6. The molecular formula is C23H20ClN3. The zero-order chi connectivity index (χ0) is 18.5. The van der Waals surface area contributed by atoms with Gasteiger partial charge < -0.3 is 5.32 Å². The highest BCUT2D eigenvalue weighted by Gasteiger charge is 2.14. The molecule has 2 N–H and O–H groups in total. The van der Waals surface area contributed by atoms with Crippen LogP contribution in [0.15, 0.2) is 91.3 Å². The van der Waals surface area contributed by atoms with E-state index in [1.165, 1.54) is 16.7 Å². The van der Waals surface area contributed by atoms with Crippen molar-refractivity contribution in [3.05, 3.63) is 113 Å². The van der Waals surface area contributed by atoms with Crippen LogP contribution in [0, 0.1) is 0 Å². The van der Waals surface area contributed by atoms with E-state index in [2.05, 4.69) is 76.2 Å². The number of hydrogen-bond acceptors (Lipinski definition) is 2. The third-order valence-corrected chi connectivity index (χ3v) is 4.88. The summed E-state index contributed by atoms with van der Waals surface area (Å²) in [6.45, 7) is 0.789. The molecule has 0 spiro atoms. The molecule has 0 saturated carbocycles. The second kappa shape index (κ2) is 8.21. The van der Waals surface area contributed by atoms with E-state index in [1.54, 1.807) is 0 Å². The Bertz CT molecular complexity index is 963. The molecule has 4 rings (SSSR count). The molecule has 3 aromatic carbocycles. The van der Waals surface area contributed by atoms with Gasteiger partial charge in [0.1, 0.15) is 0 Å². The maximum atomic E-state index is 6.08. The number of aromatic amines is 1. The summed E-state index contributed by atoms with van der Waals surface area (Å²) in [6, 6.07) is 27.1. The summed E-state index contributed by atoms with van der Waals surface area (Å²) in [4.78, 5) is 0. The maximum absolute atomic E-state index is 6.08. The monoisotopic (exact) mass is 373 g/mol. The molecule has 1 aromatic heterocycles. The highest BCUT2D eigenvalue weighted by Crippen LogP contribution is 2.27. The lowest BCUT2D eigenvalue weighted by atomic mass is 9.96. The van der Waals surface area contributed by atoms with Gasteiger partial charge in [0.2, 0.25) is 0 Å². The van der Waals surface area contributed by atoms with Gasteiger partial charge in [0.05, 0.1) is 12.2 Å². The normalized spacial score (nSPS) is 12.0. The fourth-order valence-corrected chi connectivity index (χ4v) is 3.30. The first-order valence-electron chi connectivity index (χ1n) is 8.91. The summed E-state index contributed by atoms with van der Waals surface area (Å²) >= 11 is 6.08. The largest absolute Gasteiger partial charge is 0.302 e. The topological polar surface area (TPSA) is 40.7 Å². The van der Waals surface area contributed by atoms with Crippen molar-refractivity contribution in [2.75, 3.05) is 0 Å². The summed E-state index contributed by atoms with van der Waals surface area (Å²) in [5, 5.41) is 11.3. The van der Waals surface area contributed by atoms with Crippen LogP contribution in [0.25, 0.3) is 11.1 Å². The van der Waals surface area contributed by atoms with Crippen LogP contribution in [0.2, 0.25) is 5.02 Å². The Morgan fingerprint density at radius 1 is 0.815 bits per heavy atom. The van der Waals surface area contributed by atoms with E-state index in [0.29, 0.717) is 0 Å². The van der Waals surface area contributed by atoms with Crippen LogP contribution >= 0.6 is 11.6 Å². The van der Waals surface area contributed by atoms with Gasteiger partial charge in [-0.15, -0.1) is 0 Å². The number of halogens is 1. The van der Waals surface area contributed by atoms with Gasteiger partial charge in [0, 0.05) is 23.3 Å². The lowest BCUT2D eigenvalue weighted by Gasteiger charge is -2.20. The fraction of sp³-hybridized carbons (Fsp3) is 0.0870. The summed E-state index contributed by atoms with van der Waals surface area (Å²) in [5.74, 6) is 0. The average Bonchev–Trinajstić information content (AvgIpc) is 3.26. The zero-order valence-corrected chi connectivity index (χ0v) is 15.5. The molecule has 134 valence electrons. The van der Waals surface area contributed by atoms with Crippen molar-refractivity contribution in [1.82, 2.24) is 15.5 Å². The molecule has 0 aliphatic heterocycles. The standard InChI is InChI=1S/C23H20ClN3/c24-22-12-10-20(11-13-22)23(25-14-17-4-2-1-3-5-17)19-8-6-18(7-9-19)21-15-26-27-16-21/h1-13,15-16,23,25H,14H2,(H,26,27). The first-order valence-corrected chi connectivity index (χ1v) is 9.29. The van der Waals surface area contributed by atoms with E-state index >= 15 is 0 Å². The maximum Gasteiger partial charge on any atom is 0.0579 e. The molecule has 3 nitrogen and oxygen atoms in total. The smallest absolute Gasteiger partial charge is 0.0579 e. The Kier molecular flexibility index (Phi) is 5.33. The molecule has 4 heteroatoms. The van der Waals surface area contributed by atoms with E-state index in [-0.39, 0.29) is 6.04 Å². The van der Waals surface area contributed by atoms with Crippen molar-refractivity contribution in [1.29, 1.82) is 0 Å². The Hall–Kier alpha value is -2.88. The van der Waals surface area contributed by atoms with Gasteiger partial charge in [-0.3, -0.25) is 5.10 Å². The number of benzene rings is 3. The van der Waals surface area contributed by atoms with Crippen LogP contribution in [-0.4, -0.2) is 10.2 Å². The molecule has 0 aliphatic carbocycles. The molecule has 0 fully saturated rings. The minimum absolute atomic E-state index is 0.0841. The molecular weight excluding hydrogens is 354 g/mol. The minimum atomic E-state index is 0.0841. The molecule has 0 aliphatic rings. The van der Waals surface area contributed by atoms with Gasteiger partial charge in [-0.05, 0) is 34.4 Å².